The minimum absolute atomic E-state index is 0.00137. The average Bonchev–Trinajstić information content (AvgIpc) is 3.19. The molecule has 0 fully saturated rings. The van der Waals surface area contributed by atoms with Gasteiger partial charge < -0.3 is 14.6 Å². The third kappa shape index (κ3) is 7.27. The van der Waals surface area contributed by atoms with Crippen molar-refractivity contribution >= 4 is 39.2 Å². The van der Waals surface area contributed by atoms with Gasteiger partial charge in [0.1, 0.15) is 11.6 Å². The first kappa shape index (κ1) is 26.2. The van der Waals surface area contributed by atoms with Gasteiger partial charge in [-0.2, -0.15) is 0 Å². The Morgan fingerprint density at radius 3 is 2.57 bits per heavy atom. The van der Waals surface area contributed by atoms with Gasteiger partial charge in [0.05, 0.1) is 22.3 Å². The summed E-state index contributed by atoms with van der Waals surface area (Å²) in [6.07, 6.45) is 1.35. The molecule has 2 aromatic carbocycles. The van der Waals surface area contributed by atoms with Crippen LogP contribution in [0.25, 0.3) is 0 Å². The number of rotatable bonds is 11. The molecule has 184 valence electrons. The van der Waals surface area contributed by atoms with E-state index in [0.717, 1.165) is 11.8 Å². The lowest BCUT2D eigenvalue weighted by molar-refractivity contribution is -0.113. The SMILES string of the molecule is C=CCn1c(CS(=O)(=O)c2ccccc2)nnc1SCC(=O)Nc1cccc(C(=O)OC(C)C)c1. The lowest BCUT2D eigenvalue weighted by atomic mass is 10.2. The summed E-state index contributed by atoms with van der Waals surface area (Å²) in [6, 6.07) is 14.6. The van der Waals surface area contributed by atoms with Gasteiger partial charge in [-0.3, -0.25) is 4.79 Å². The third-order valence-corrected chi connectivity index (χ3v) is 7.18. The zero-order valence-electron chi connectivity index (χ0n) is 19.4. The maximum Gasteiger partial charge on any atom is 0.338 e. The van der Waals surface area contributed by atoms with Gasteiger partial charge in [-0.1, -0.05) is 42.1 Å². The number of ether oxygens (including phenoxy) is 1. The number of thioether (sulfide) groups is 1. The Balaban J connectivity index is 1.67. The molecule has 0 aliphatic heterocycles. The lowest BCUT2D eigenvalue weighted by Gasteiger charge is -2.10. The van der Waals surface area contributed by atoms with Crippen LogP contribution in [-0.4, -0.2) is 46.9 Å². The van der Waals surface area contributed by atoms with Gasteiger partial charge in [-0.05, 0) is 44.2 Å². The van der Waals surface area contributed by atoms with Gasteiger partial charge in [0, 0.05) is 12.2 Å². The number of carbonyl (C=O) groups excluding carboxylic acids is 2. The van der Waals surface area contributed by atoms with Crippen LogP contribution in [0.2, 0.25) is 0 Å². The first-order chi connectivity index (χ1) is 16.7. The monoisotopic (exact) mass is 514 g/mol. The van der Waals surface area contributed by atoms with Crippen LogP contribution >= 0.6 is 11.8 Å². The maximum absolute atomic E-state index is 12.8. The molecule has 0 saturated heterocycles. The Morgan fingerprint density at radius 2 is 1.89 bits per heavy atom. The van der Waals surface area contributed by atoms with E-state index in [0.29, 0.717) is 16.4 Å². The topological polar surface area (TPSA) is 120 Å². The van der Waals surface area contributed by atoms with E-state index < -0.39 is 15.8 Å². The number of carbonyl (C=O) groups is 2. The van der Waals surface area contributed by atoms with E-state index in [1.165, 1.54) is 12.1 Å². The summed E-state index contributed by atoms with van der Waals surface area (Å²) in [4.78, 5) is 24.8. The molecule has 9 nitrogen and oxygen atoms in total. The molecule has 35 heavy (non-hydrogen) atoms. The number of allylic oxidation sites excluding steroid dienone is 1. The second kappa shape index (κ2) is 11.8. The van der Waals surface area contributed by atoms with Crippen molar-refractivity contribution in [3.63, 3.8) is 0 Å². The molecule has 3 rings (SSSR count). The van der Waals surface area contributed by atoms with Crippen LogP contribution in [-0.2, 0) is 31.7 Å². The van der Waals surface area contributed by atoms with Crippen LogP contribution in [0.1, 0.15) is 30.0 Å². The van der Waals surface area contributed by atoms with Crippen LogP contribution in [0.15, 0.2) is 77.3 Å². The van der Waals surface area contributed by atoms with Crippen molar-refractivity contribution in [3.8, 4) is 0 Å². The summed E-state index contributed by atoms with van der Waals surface area (Å²) < 4.78 is 32.3. The molecule has 0 atom stereocenters. The van der Waals surface area contributed by atoms with Crippen molar-refractivity contribution in [2.45, 2.75) is 42.3 Å². The Morgan fingerprint density at radius 1 is 1.14 bits per heavy atom. The third-order valence-electron chi connectivity index (χ3n) is 4.58. The molecule has 1 heterocycles. The highest BCUT2D eigenvalue weighted by Gasteiger charge is 2.21. The molecule has 11 heteroatoms. The molecule has 1 aromatic heterocycles. The van der Waals surface area contributed by atoms with Gasteiger partial charge >= 0.3 is 5.97 Å². The second-order valence-corrected chi connectivity index (χ2v) is 10.7. The minimum atomic E-state index is -3.62. The van der Waals surface area contributed by atoms with Gasteiger partial charge in [-0.15, -0.1) is 16.8 Å². The number of sulfone groups is 1. The molecule has 1 N–H and O–H groups in total. The van der Waals surface area contributed by atoms with E-state index in [9.17, 15) is 18.0 Å². The Hall–Kier alpha value is -3.44. The summed E-state index contributed by atoms with van der Waals surface area (Å²) in [5, 5.41) is 11.3. The van der Waals surface area contributed by atoms with Crippen molar-refractivity contribution in [2.75, 3.05) is 11.1 Å². The molecular formula is C24H26N4O5S2. The first-order valence-corrected chi connectivity index (χ1v) is 13.4. The number of hydrogen-bond donors (Lipinski definition) is 1. The standard InChI is InChI=1S/C24H26N4O5S2/c1-4-13-28-21(16-35(31,32)20-11-6-5-7-12-20)26-27-24(28)34-15-22(29)25-19-10-8-9-18(14-19)23(30)33-17(2)3/h4-12,14,17H,1,13,15-16H2,2-3H3,(H,25,29). The highest BCUT2D eigenvalue weighted by atomic mass is 32.2. The molecule has 0 unspecified atom stereocenters. The van der Waals surface area contributed by atoms with Crippen LogP contribution in [0.4, 0.5) is 5.69 Å². The smallest absolute Gasteiger partial charge is 0.338 e. The Labute approximate surface area is 208 Å². The van der Waals surface area contributed by atoms with E-state index >= 15 is 0 Å². The van der Waals surface area contributed by atoms with Crippen molar-refractivity contribution < 1.29 is 22.7 Å². The summed E-state index contributed by atoms with van der Waals surface area (Å²) in [7, 11) is -3.62. The van der Waals surface area contributed by atoms with Crippen LogP contribution in [0, 0.1) is 0 Å². The van der Waals surface area contributed by atoms with Gasteiger partial charge in [0.25, 0.3) is 0 Å². The Bertz CT molecular complexity index is 1300. The zero-order chi connectivity index (χ0) is 25.4. The molecule has 0 aliphatic rings. The quantitative estimate of drug-likeness (QED) is 0.233. The fourth-order valence-electron chi connectivity index (χ4n) is 3.06. The van der Waals surface area contributed by atoms with Crippen LogP contribution in [0.3, 0.4) is 0 Å². The summed E-state index contributed by atoms with van der Waals surface area (Å²) >= 11 is 1.12. The van der Waals surface area contributed by atoms with Crippen molar-refractivity contribution in [1.82, 2.24) is 14.8 Å². The predicted octanol–water partition coefficient (Wildman–Crippen LogP) is 3.73. The highest BCUT2D eigenvalue weighted by Crippen LogP contribution is 2.22. The zero-order valence-corrected chi connectivity index (χ0v) is 21.0. The van der Waals surface area contributed by atoms with Crippen molar-refractivity contribution in [1.29, 1.82) is 0 Å². The lowest BCUT2D eigenvalue weighted by Crippen LogP contribution is -2.16. The van der Waals surface area contributed by atoms with Crippen LogP contribution < -0.4 is 5.32 Å². The van der Waals surface area contributed by atoms with Gasteiger partial charge in [0.2, 0.25) is 5.91 Å². The van der Waals surface area contributed by atoms with E-state index in [2.05, 4.69) is 22.1 Å². The van der Waals surface area contributed by atoms with Crippen molar-refractivity contribution in [3.05, 3.63) is 78.6 Å². The van der Waals surface area contributed by atoms with Gasteiger partial charge in [-0.25, -0.2) is 13.2 Å². The number of hydrogen-bond acceptors (Lipinski definition) is 8. The largest absolute Gasteiger partial charge is 0.459 e. The molecule has 0 bridgehead atoms. The molecule has 0 aliphatic carbocycles. The molecular weight excluding hydrogens is 488 g/mol. The molecule has 0 radical (unpaired) electrons. The number of nitrogens with zero attached hydrogens (tertiary/aromatic N) is 3. The normalized spacial score (nSPS) is 11.3. The van der Waals surface area contributed by atoms with E-state index in [1.807, 2.05) is 0 Å². The summed E-state index contributed by atoms with van der Waals surface area (Å²) in [5.74, 6) is -0.865. The predicted molar refractivity (Wildman–Crippen MR) is 134 cm³/mol. The Kier molecular flexibility index (Phi) is 8.83. The fraction of sp³-hybridized carbons (Fsp3) is 0.250. The van der Waals surface area contributed by atoms with Crippen molar-refractivity contribution in [2.24, 2.45) is 0 Å². The minimum Gasteiger partial charge on any atom is -0.459 e. The molecule has 0 spiro atoms. The summed E-state index contributed by atoms with van der Waals surface area (Å²) in [5.41, 5.74) is 0.787. The number of amides is 1. The average molecular weight is 515 g/mol. The summed E-state index contributed by atoms with van der Waals surface area (Å²) in [6.45, 7) is 7.52. The molecule has 1 amide bonds. The van der Waals surface area contributed by atoms with E-state index in [-0.39, 0.29) is 40.8 Å². The fourth-order valence-corrected chi connectivity index (χ4v) is 5.12. The first-order valence-electron chi connectivity index (χ1n) is 10.7. The van der Waals surface area contributed by atoms with Crippen LogP contribution in [0.5, 0.6) is 0 Å². The highest BCUT2D eigenvalue weighted by molar-refractivity contribution is 7.99. The molecule has 0 saturated carbocycles. The van der Waals surface area contributed by atoms with E-state index in [1.54, 1.807) is 67.0 Å². The molecule has 3 aromatic rings. The number of aromatic nitrogens is 3. The number of nitrogens with one attached hydrogen (secondary N) is 1. The van der Waals surface area contributed by atoms with Gasteiger partial charge in [0.15, 0.2) is 15.0 Å². The second-order valence-electron chi connectivity index (χ2n) is 7.74. The van der Waals surface area contributed by atoms with E-state index in [4.69, 9.17) is 4.74 Å². The maximum atomic E-state index is 12.8. The number of anilines is 1. The number of esters is 1. The number of benzene rings is 2.